The summed E-state index contributed by atoms with van der Waals surface area (Å²) in [6.07, 6.45) is 0. The van der Waals surface area contributed by atoms with Crippen molar-refractivity contribution >= 4 is 7.82 Å². The first-order valence-corrected chi connectivity index (χ1v) is 4.15. The van der Waals surface area contributed by atoms with Gasteiger partial charge in [0.15, 0.2) is 0 Å². The summed E-state index contributed by atoms with van der Waals surface area (Å²) in [5.74, 6) is 0.151. The standard InChI is InChI=1S/C4H11O4P.Ni/c1-4(2)3-8-9(5,6)7;/h4H,3H2,1-2H3,(H2,5,6,7);. The molecule has 0 unspecified atom stereocenters. The Morgan fingerprint density at radius 1 is 1.50 bits per heavy atom. The fourth-order valence-electron chi connectivity index (χ4n) is 0.246. The molecule has 0 amide bonds. The Balaban J connectivity index is 0. The molecule has 0 saturated heterocycles. The van der Waals surface area contributed by atoms with Crippen molar-refractivity contribution < 1.29 is 35.4 Å². The Labute approximate surface area is 70.1 Å². The molecule has 10 heavy (non-hydrogen) atoms. The van der Waals surface area contributed by atoms with Crippen LogP contribution in [0.2, 0.25) is 0 Å². The van der Waals surface area contributed by atoms with E-state index < -0.39 is 7.82 Å². The average molecular weight is 213 g/mol. The molecule has 0 atom stereocenters. The van der Waals surface area contributed by atoms with Crippen LogP contribution in [0.3, 0.4) is 0 Å². The molecule has 0 radical (unpaired) electrons. The second kappa shape index (κ2) is 5.28. The first kappa shape index (κ1) is 13.2. The number of phosphoric acid groups is 1. The van der Waals surface area contributed by atoms with Gasteiger partial charge in [-0.1, -0.05) is 13.8 Å². The van der Waals surface area contributed by atoms with Gasteiger partial charge in [0.25, 0.3) is 0 Å². The van der Waals surface area contributed by atoms with Crippen LogP contribution in [-0.2, 0) is 25.6 Å². The van der Waals surface area contributed by atoms with Gasteiger partial charge in [-0.25, -0.2) is 4.57 Å². The molecule has 0 rings (SSSR count). The van der Waals surface area contributed by atoms with Gasteiger partial charge in [-0.05, 0) is 5.92 Å². The summed E-state index contributed by atoms with van der Waals surface area (Å²) in [6.45, 7) is 3.73. The molecule has 0 saturated carbocycles. The predicted molar refractivity (Wildman–Crippen MR) is 32.8 cm³/mol. The van der Waals surface area contributed by atoms with Crippen LogP contribution in [0.15, 0.2) is 0 Å². The third-order valence-corrected chi connectivity index (χ3v) is 1.06. The van der Waals surface area contributed by atoms with Crippen LogP contribution in [-0.4, -0.2) is 16.4 Å². The molecular weight excluding hydrogens is 202 g/mol. The molecule has 6 heteroatoms. The molecule has 4 nitrogen and oxygen atoms in total. The van der Waals surface area contributed by atoms with E-state index in [4.69, 9.17) is 9.79 Å². The smallest absolute Gasteiger partial charge is 0.303 e. The molecule has 0 aliphatic carbocycles. The van der Waals surface area contributed by atoms with Gasteiger partial charge in [0, 0.05) is 16.5 Å². The van der Waals surface area contributed by atoms with Crippen molar-refractivity contribution in [1.29, 1.82) is 0 Å². The van der Waals surface area contributed by atoms with Gasteiger partial charge in [-0.2, -0.15) is 0 Å². The molecule has 0 aliphatic heterocycles. The minimum atomic E-state index is -4.22. The van der Waals surface area contributed by atoms with Crippen LogP contribution in [0.5, 0.6) is 0 Å². The molecule has 0 aromatic carbocycles. The van der Waals surface area contributed by atoms with Gasteiger partial charge in [-0.3, -0.25) is 4.52 Å². The predicted octanol–water partition coefficient (Wildman–Crippen LogP) is 0.749. The van der Waals surface area contributed by atoms with Gasteiger partial charge in [0.05, 0.1) is 6.61 Å². The van der Waals surface area contributed by atoms with E-state index in [9.17, 15) is 4.57 Å². The fraction of sp³-hybridized carbons (Fsp3) is 1.00. The summed E-state index contributed by atoms with van der Waals surface area (Å²) in [5.41, 5.74) is 0. The molecule has 0 aromatic heterocycles. The maximum absolute atomic E-state index is 10.0. The van der Waals surface area contributed by atoms with Crippen LogP contribution in [0, 0.1) is 5.92 Å². The van der Waals surface area contributed by atoms with Crippen LogP contribution in [0.25, 0.3) is 0 Å². The van der Waals surface area contributed by atoms with Crippen molar-refractivity contribution in [3.05, 3.63) is 0 Å². The molecule has 0 fully saturated rings. The molecule has 0 aliphatic rings. The zero-order valence-corrected chi connectivity index (χ0v) is 7.64. The second-order valence-corrected chi connectivity index (χ2v) is 3.42. The number of hydrogen-bond donors (Lipinski definition) is 2. The van der Waals surface area contributed by atoms with E-state index in [1.165, 1.54) is 0 Å². The zero-order valence-electron chi connectivity index (χ0n) is 5.76. The quantitative estimate of drug-likeness (QED) is 0.535. The number of rotatable bonds is 3. The van der Waals surface area contributed by atoms with Crippen molar-refractivity contribution in [2.24, 2.45) is 5.92 Å². The van der Waals surface area contributed by atoms with Crippen molar-refractivity contribution in [2.45, 2.75) is 13.8 Å². The average Bonchev–Trinajstić information content (AvgIpc) is 1.59. The largest absolute Gasteiger partial charge is 0.469 e. The van der Waals surface area contributed by atoms with E-state index >= 15 is 0 Å². The maximum atomic E-state index is 10.0. The van der Waals surface area contributed by atoms with Crippen molar-refractivity contribution in [2.75, 3.05) is 6.61 Å². The second-order valence-electron chi connectivity index (χ2n) is 2.18. The van der Waals surface area contributed by atoms with Gasteiger partial charge < -0.3 is 9.79 Å². The third-order valence-electron chi connectivity index (χ3n) is 0.576. The number of phosphoric ester groups is 1. The van der Waals surface area contributed by atoms with E-state index in [0.717, 1.165) is 0 Å². The Kier molecular flexibility index (Phi) is 6.98. The molecular formula is C4H11NiO4P. The summed E-state index contributed by atoms with van der Waals surface area (Å²) in [5, 5.41) is 0. The van der Waals surface area contributed by atoms with Crippen molar-refractivity contribution in [3.8, 4) is 0 Å². The molecule has 66 valence electrons. The first-order valence-electron chi connectivity index (χ1n) is 2.62. The monoisotopic (exact) mass is 212 g/mol. The molecule has 0 spiro atoms. The van der Waals surface area contributed by atoms with Crippen LogP contribution in [0.1, 0.15) is 13.8 Å². The van der Waals surface area contributed by atoms with Gasteiger partial charge >= 0.3 is 7.82 Å². The Bertz CT molecular complexity index is 120. The van der Waals surface area contributed by atoms with E-state index in [2.05, 4.69) is 4.52 Å². The Morgan fingerprint density at radius 3 is 2.00 bits per heavy atom. The fourth-order valence-corrected chi connectivity index (χ4v) is 0.739. The number of hydrogen-bond acceptors (Lipinski definition) is 2. The van der Waals surface area contributed by atoms with Crippen molar-refractivity contribution in [1.82, 2.24) is 0 Å². The van der Waals surface area contributed by atoms with E-state index in [-0.39, 0.29) is 29.0 Å². The maximum Gasteiger partial charge on any atom is 0.469 e. The van der Waals surface area contributed by atoms with E-state index in [1.807, 2.05) is 13.8 Å². The van der Waals surface area contributed by atoms with Gasteiger partial charge in [0.2, 0.25) is 0 Å². The third kappa shape index (κ3) is 11.4. The Morgan fingerprint density at radius 2 is 1.90 bits per heavy atom. The van der Waals surface area contributed by atoms with Gasteiger partial charge in [0.1, 0.15) is 0 Å². The first-order chi connectivity index (χ1) is 3.92. The van der Waals surface area contributed by atoms with Gasteiger partial charge in [-0.15, -0.1) is 0 Å². The summed E-state index contributed by atoms with van der Waals surface area (Å²) >= 11 is 0. The minimum Gasteiger partial charge on any atom is -0.303 e. The van der Waals surface area contributed by atoms with Crippen LogP contribution in [0.4, 0.5) is 0 Å². The summed E-state index contributed by atoms with van der Waals surface area (Å²) in [7, 11) is -4.22. The van der Waals surface area contributed by atoms with E-state index in [0.29, 0.717) is 0 Å². The zero-order chi connectivity index (χ0) is 7.49. The molecule has 0 bridgehead atoms. The van der Waals surface area contributed by atoms with Crippen LogP contribution < -0.4 is 0 Å². The SMILES string of the molecule is CC(C)COP(=O)(O)O.[Ni]. The molecule has 0 heterocycles. The normalized spacial score (nSPS) is 11.3. The molecule has 0 aromatic rings. The van der Waals surface area contributed by atoms with E-state index in [1.54, 1.807) is 0 Å². The minimum absolute atomic E-state index is 0. The summed E-state index contributed by atoms with van der Waals surface area (Å²) in [6, 6.07) is 0. The summed E-state index contributed by atoms with van der Waals surface area (Å²) in [4.78, 5) is 16.3. The van der Waals surface area contributed by atoms with Crippen LogP contribution >= 0.6 is 7.82 Å². The topological polar surface area (TPSA) is 66.8 Å². The molecule has 2 N–H and O–H groups in total. The Hall–Kier alpha value is 0.604. The van der Waals surface area contributed by atoms with Crippen molar-refractivity contribution in [3.63, 3.8) is 0 Å². The summed E-state index contributed by atoms with van der Waals surface area (Å²) < 4.78 is 14.2.